The van der Waals surface area contributed by atoms with Crippen molar-refractivity contribution >= 4 is 18.3 Å². The summed E-state index contributed by atoms with van der Waals surface area (Å²) in [6, 6.07) is 0.508. The molecular formula is C14H27ClN2O. The van der Waals surface area contributed by atoms with Gasteiger partial charge in [-0.3, -0.25) is 4.79 Å². The van der Waals surface area contributed by atoms with Crippen molar-refractivity contribution in [3.63, 3.8) is 0 Å². The van der Waals surface area contributed by atoms with Crippen LogP contribution in [-0.2, 0) is 4.79 Å². The predicted molar refractivity (Wildman–Crippen MR) is 77.0 cm³/mol. The standard InChI is InChI=1S/C14H26N2O.ClH/c1-11-3-5-13(6-4-11)16(2)14(17)12-7-9-15-10-8-12;/h11-13,15H,3-10H2,1-2H3;1H. The fourth-order valence-electron chi connectivity index (χ4n) is 3.17. The van der Waals surface area contributed by atoms with Crippen LogP contribution in [0.25, 0.3) is 0 Å². The van der Waals surface area contributed by atoms with E-state index in [-0.39, 0.29) is 18.3 Å². The highest BCUT2D eigenvalue weighted by Crippen LogP contribution is 2.28. The fraction of sp³-hybridized carbons (Fsp3) is 0.929. The van der Waals surface area contributed by atoms with Crippen LogP contribution in [0, 0.1) is 11.8 Å². The molecule has 18 heavy (non-hydrogen) atoms. The Morgan fingerprint density at radius 3 is 2.17 bits per heavy atom. The molecule has 0 atom stereocenters. The monoisotopic (exact) mass is 274 g/mol. The SMILES string of the molecule is CC1CCC(N(C)C(=O)C2CCNCC2)CC1.Cl. The maximum Gasteiger partial charge on any atom is 0.225 e. The number of carbonyl (C=O) groups excluding carboxylic acids is 1. The highest BCUT2D eigenvalue weighted by atomic mass is 35.5. The van der Waals surface area contributed by atoms with Gasteiger partial charge in [0, 0.05) is 19.0 Å². The van der Waals surface area contributed by atoms with Crippen LogP contribution >= 0.6 is 12.4 Å². The summed E-state index contributed by atoms with van der Waals surface area (Å²) in [4.78, 5) is 14.4. The molecule has 2 aliphatic rings. The van der Waals surface area contributed by atoms with Crippen LogP contribution in [0.1, 0.15) is 45.4 Å². The lowest BCUT2D eigenvalue weighted by molar-refractivity contribution is -0.137. The molecular weight excluding hydrogens is 248 g/mol. The van der Waals surface area contributed by atoms with Gasteiger partial charge in [0.15, 0.2) is 0 Å². The number of nitrogens with one attached hydrogen (secondary N) is 1. The maximum absolute atomic E-state index is 12.4. The number of piperidine rings is 1. The van der Waals surface area contributed by atoms with Gasteiger partial charge >= 0.3 is 0 Å². The Kier molecular flexibility index (Phi) is 6.44. The molecule has 0 aromatic rings. The van der Waals surface area contributed by atoms with Crippen molar-refractivity contribution in [2.45, 2.75) is 51.5 Å². The number of halogens is 1. The quantitative estimate of drug-likeness (QED) is 0.839. The van der Waals surface area contributed by atoms with Crippen molar-refractivity contribution in [2.75, 3.05) is 20.1 Å². The topological polar surface area (TPSA) is 32.3 Å². The maximum atomic E-state index is 12.4. The number of nitrogens with zero attached hydrogens (tertiary/aromatic N) is 1. The molecule has 0 aromatic carbocycles. The highest BCUT2D eigenvalue weighted by Gasteiger charge is 2.29. The molecule has 4 heteroatoms. The van der Waals surface area contributed by atoms with Crippen molar-refractivity contribution in [3.05, 3.63) is 0 Å². The first-order chi connectivity index (χ1) is 8.18. The van der Waals surface area contributed by atoms with Crippen LogP contribution < -0.4 is 5.32 Å². The zero-order chi connectivity index (χ0) is 12.3. The number of carbonyl (C=O) groups is 1. The fourth-order valence-corrected chi connectivity index (χ4v) is 3.17. The smallest absolute Gasteiger partial charge is 0.225 e. The van der Waals surface area contributed by atoms with E-state index in [1.165, 1.54) is 25.7 Å². The van der Waals surface area contributed by atoms with Crippen LogP contribution in [0.3, 0.4) is 0 Å². The van der Waals surface area contributed by atoms with Crippen molar-refractivity contribution < 1.29 is 4.79 Å². The molecule has 0 spiro atoms. The van der Waals surface area contributed by atoms with Gasteiger partial charge in [-0.2, -0.15) is 0 Å². The van der Waals surface area contributed by atoms with Gasteiger partial charge in [0.25, 0.3) is 0 Å². The van der Waals surface area contributed by atoms with Crippen LogP contribution in [0.15, 0.2) is 0 Å². The molecule has 1 aliphatic heterocycles. The Balaban J connectivity index is 0.00000162. The predicted octanol–water partition coefficient (Wildman–Crippen LogP) is 2.44. The first-order valence-electron chi connectivity index (χ1n) is 7.16. The number of rotatable bonds is 2. The Bertz CT molecular complexity index is 259. The Morgan fingerprint density at radius 1 is 1.06 bits per heavy atom. The van der Waals surface area contributed by atoms with Gasteiger partial charge in [0.05, 0.1) is 0 Å². The minimum absolute atomic E-state index is 0. The second kappa shape index (κ2) is 7.34. The third-order valence-corrected chi connectivity index (χ3v) is 4.57. The summed E-state index contributed by atoms with van der Waals surface area (Å²) in [6.45, 7) is 4.34. The van der Waals surface area contributed by atoms with Crippen molar-refractivity contribution in [1.82, 2.24) is 10.2 Å². The Morgan fingerprint density at radius 2 is 1.61 bits per heavy atom. The number of amides is 1. The largest absolute Gasteiger partial charge is 0.343 e. The summed E-state index contributed by atoms with van der Waals surface area (Å²) in [7, 11) is 2.02. The molecule has 1 amide bonds. The van der Waals surface area contributed by atoms with Gasteiger partial charge in [-0.1, -0.05) is 6.92 Å². The number of hydrogen-bond donors (Lipinski definition) is 1. The molecule has 106 valence electrons. The zero-order valence-electron chi connectivity index (χ0n) is 11.7. The zero-order valence-corrected chi connectivity index (χ0v) is 12.5. The van der Waals surface area contributed by atoms with Crippen LogP contribution in [-0.4, -0.2) is 37.0 Å². The minimum atomic E-state index is 0. The van der Waals surface area contributed by atoms with Gasteiger partial charge in [-0.25, -0.2) is 0 Å². The minimum Gasteiger partial charge on any atom is -0.343 e. The average molecular weight is 275 g/mol. The van der Waals surface area contributed by atoms with E-state index in [0.29, 0.717) is 11.9 Å². The summed E-state index contributed by atoms with van der Waals surface area (Å²) in [5, 5.41) is 3.32. The lowest BCUT2D eigenvalue weighted by atomic mass is 9.86. The van der Waals surface area contributed by atoms with E-state index >= 15 is 0 Å². The normalized spacial score (nSPS) is 29.4. The molecule has 1 saturated heterocycles. The van der Waals surface area contributed by atoms with E-state index in [1.54, 1.807) is 0 Å². The van der Waals surface area contributed by atoms with Crippen LogP contribution in [0.2, 0.25) is 0 Å². The molecule has 2 rings (SSSR count). The summed E-state index contributed by atoms with van der Waals surface area (Å²) < 4.78 is 0. The van der Waals surface area contributed by atoms with E-state index in [9.17, 15) is 4.79 Å². The highest BCUT2D eigenvalue weighted by molar-refractivity contribution is 5.85. The molecule has 2 fully saturated rings. The van der Waals surface area contributed by atoms with E-state index in [4.69, 9.17) is 0 Å². The Labute approximate surface area is 117 Å². The summed E-state index contributed by atoms with van der Waals surface area (Å²) >= 11 is 0. The molecule has 1 aliphatic carbocycles. The molecule has 0 bridgehead atoms. The second-order valence-electron chi connectivity index (χ2n) is 5.89. The molecule has 1 saturated carbocycles. The molecule has 0 radical (unpaired) electrons. The molecule has 0 unspecified atom stereocenters. The van der Waals surface area contributed by atoms with E-state index in [0.717, 1.165) is 31.8 Å². The van der Waals surface area contributed by atoms with Gasteiger partial charge in [-0.05, 0) is 57.5 Å². The van der Waals surface area contributed by atoms with Crippen molar-refractivity contribution in [1.29, 1.82) is 0 Å². The van der Waals surface area contributed by atoms with Gasteiger partial charge in [-0.15, -0.1) is 12.4 Å². The van der Waals surface area contributed by atoms with Gasteiger partial charge in [0.1, 0.15) is 0 Å². The van der Waals surface area contributed by atoms with Gasteiger partial charge < -0.3 is 10.2 Å². The van der Waals surface area contributed by atoms with E-state index < -0.39 is 0 Å². The third-order valence-electron chi connectivity index (χ3n) is 4.57. The van der Waals surface area contributed by atoms with Crippen molar-refractivity contribution in [3.8, 4) is 0 Å². The molecule has 3 nitrogen and oxygen atoms in total. The van der Waals surface area contributed by atoms with E-state index in [1.807, 2.05) is 7.05 Å². The molecule has 0 aromatic heterocycles. The third kappa shape index (κ3) is 3.86. The number of hydrogen-bond acceptors (Lipinski definition) is 2. The average Bonchev–Trinajstić information content (AvgIpc) is 2.39. The molecule has 1 heterocycles. The Hall–Kier alpha value is -0.280. The summed E-state index contributed by atoms with van der Waals surface area (Å²) in [6.07, 6.45) is 7.02. The van der Waals surface area contributed by atoms with E-state index in [2.05, 4.69) is 17.1 Å². The molecule has 1 N–H and O–H groups in total. The summed E-state index contributed by atoms with van der Waals surface area (Å²) in [5.74, 6) is 1.53. The van der Waals surface area contributed by atoms with Crippen LogP contribution in [0.5, 0.6) is 0 Å². The summed E-state index contributed by atoms with van der Waals surface area (Å²) in [5.41, 5.74) is 0. The van der Waals surface area contributed by atoms with Gasteiger partial charge in [0.2, 0.25) is 5.91 Å². The first-order valence-corrected chi connectivity index (χ1v) is 7.16. The second-order valence-corrected chi connectivity index (χ2v) is 5.89. The first kappa shape index (κ1) is 15.8. The van der Waals surface area contributed by atoms with Crippen LogP contribution in [0.4, 0.5) is 0 Å². The lowest BCUT2D eigenvalue weighted by Gasteiger charge is -2.36. The van der Waals surface area contributed by atoms with Crippen molar-refractivity contribution in [2.24, 2.45) is 11.8 Å². The lowest BCUT2D eigenvalue weighted by Crippen LogP contribution is -2.45.